The first-order valence-electron chi connectivity index (χ1n) is 7.47. The predicted octanol–water partition coefficient (Wildman–Crippen LogP) is 3.16. The van der Waals surface area contributed by atoms with Crippen LogP contribution in [0.1, 0.15) is 44.2 Å². The molecule has 20 heavy (non-hydrogen) atoms. The first-order valence-corrected chi connectivity index (χ1v) is 7.47. The lowest BCUT2D eigenvalue weighted by Crippen LogP contribution is -2.33. The van der Waals surface area contributed by atoms with Crippen LogP contribution >= 0.6 is 0 Å². The van der Waals surface area contributed by atoms with Gasteiger partial charge >= 0.3 is 0 Å². The Morgan fingerprint density at radius 3 is 2.95 bits per heavy atom. The number of ether oxygens (including phenoxy) is 2. The van der Waals surface area contributed by atoms with Gasteiger partial charge in [-0.25, -0.2) is 4.39 Å². The van der Waals surface area contributed by atoms with E-state index in [2.05, 4.69) is 5.32 Å². The van der Waals surface area contributed by atoms with Gasteiger partial charge in [-0.15, -0.1) is 0 Å². The maximum absolute atomic E-state index is 13.2. The molecule has 1 aromatic rings. The summed E-state index contributed by atoms with van der Waals surface area (Å²) in [5.41, 5.74) is 0.958. The second-order valence-electron chi connectivity index (χ2n) is 5.85. The van der Waals surface area contributed by atoms with Crippen LogP contribution in [0.2, 0.25) is 0 Å². The predicted molar refractivity (Wildman–Crippen MR) is 74.8 cm³/mol. The summed E-state index contributed by atoms with van der Waals surface area (Å²) in [6.45, 7) is 3.43. The Kier molecular flexibility index (Phi) is 4.06. The van der Waals surface area contributed by atoms with E-state index < -0.39 is 0 Å². The van der Waals surface area contributed by atoms with Gasteiger partial charge in [-0.05, 0) is 37.5 Å². The lowest BCUT2D eigenvalue weighted by Gasteiger charge is -2.22. The van der Waals surface area contributed by atoms with Gasteiger partial charge in [-0.2, -0.15) is 0 Å². The van der Waals surface area contributed by atoms with Crippen molar-refractivity contribution in [1.82, 2.24) is 5.32 Å². The van der Waals surface area contributed by atoms with Crippen LogP contribution < -0.4 is 5.32 Å². The van der Waals surface area contributed by atoms with E-state index in [-0.39, 0.29) is 23.8 Å². The van der Waals surface area contributed by atoms with E-state index in [1.165, 1.54) is 18.9 Å². The molecule has 110 valence electrons. The topological polar surface area (TPSA) is 30.5 Å². The minimum atomic E-state index is -0.297. The molecule has 1 aromatic carbocycles. The second kappa shape index (κ2) is 5.80. The van der Waals surface area contributed by atoms with Gasteiger partial charge in [0.15, 0.2) is 5.79 Å². The molecule has 2 fully saturated rings. The minimum absolute atomic E-state index is 0.101. The molecule has 0 radical (unpaired) electrons. The van der Waals surface area contributed by atoms with E-state index in [1.807, 2.05) is 13.0 Å². The van der Waals surface area contributed by atoms with Gasteiger partial charge in [0.2, 0.25) is 0 Å². The third-order valence-electron chi connectivity index (χ3n) is 4.28. The SMILES string of the molecule is C[C@H](NC[C@H]1COC2(CCCC2)O1)c1cccc(F)c1. The van der Waals surface area contributed by atoms with Gasteiger partial charge in [0.1, 0.15) is 5.82 Å². The zero-order valence-corrected chi connectivity index (χ0v) is 11.9. The van der Waals surface area contributed by atoms with Gasteiger partial charge in [0.05, 0.1) is 12.7 Å². The van der Waals surface area contributed by atoms with E-state index >= 15 is 0 Å². The van der Waals surface area contributed by atoms with Crippen molar-refractivity contribution in [3.05, 3.63) is 35.6 Å². The van der Waals surface area contributed by atoms with E-state index in [0.29, 0.717) is 6.61 Å². The number of hydrogen-bond donors (Lipinski definition) is 1. The van der Waals surface area contributed by atoms with Crippen molar-refractivity contribution in [2.75, 3.05) is 13.2 Å². The summed E-state index contributed by atoms with van der Waals surface area (Å²) in [5, 5.41) is 3.40. The average Bonchev–Trinajstić information content (AvgIpc) is 3.07. The molecule has 1 aliphatic carbocycles. The lowest BCUT2D eigenvalue weighted by atomic mass is 10.1. The normalized spacial score (nSPS) is 26.2. The molecule has 2 aliphatic rings. The molecule has 1 spiro atoms. The van der Waals surface area contributed by atoms with Crippen molar-refractivity contribution in [3.63, 3.8) is 0 Å². The fraction of sp³-hybridized carbons (Fsp3) is 0.625. The highest BCUT2D eigenvalue weighted by atomic mass is 19.1. The summed E-state index contributed by atoms with van der Waals surface area (Å²) in [6.07, 6.45) is 4.52. The molecule has 0 bridgehead atoms. The molecule has 2 atom stereocenters. The molecule has 0 amide bonds. The monoisotopic (exact) mass is 279 g/mol. The molecule has 1 N–H and O–H groups in total. The zero-order valence-electron chi connectivity index (χ0n) is 11.9. The first-order chi connectivity index (χ1) is 9.67. The Morgan fingerprint density at radius 1 is 1.40 bits per heavy atom. The molecule has 1 saturated heterocycles. The highest BCUT2D eigenvalue weighted by Gasteiger charge is 2.43. The number of benzene rings is 1. The van der Waals surface area contributed by atoms with Crippen LogP contribution in [0.15, 0.2) is 24.3 Å². The molecular formula is C16H22FNO2. The number of hydrogen-bond acceptors (Lipinski definition) is 3. The van der Waals surface area contributed by atoms with Crippen molar-refractivity contribution in [1.29, 1.82) is 0 Å². The van der Waals surface area contributed by atoms with Gasteiger partial charge in [-0.3, -0.25) is 0 Å². The summed E-state index contributed by atoms with van der Waals surface area (Å²) < 4.78 is 25.1. The molecule has 1 saturated carbocycles. The van der Waals surface area contributed by atoms with E-state index in [1.54, 1.807) is 12.1 Å². The van der Waals surface area contributed by atoms with Crippen molar-refractivity contribution in [3.8, 4) is 0 Å². The van der Waals surface area contributed by atoms with Crippen LogP contribution in [0.3, 0.4) is 0 Å². The molecule has 1 heterocycles. The quantitative estimate of drug-likeness (QED) is 0.918. The highest BCUT2D eigenvalue weighted by Crippen LogP contribution is 2.39. The third-order valence-corrected chi connectivity index (χ3v) is 4.28. The van der Waals surface area contributed by atoms with Crippen molar-refractivity contribution >= 4 is 0 Å². The first kappa shape index (κ1) is 14.0. The van der Waals surface area contributed by atoms with Crippen molar-refractivity contribution < 1.29 is 13.9 Å². The Labute approximate surface area is 119 Å². The summed E-state index contributed by atoms with van der Waals surface area (Å²) >= 11 is 0. The lowest BCUT2D eigenvalue weighted by molar-refractivity contribution is -0.161. The van der Waals surface area contributed by atoms with Gasteiger partial charge in [0, 0.05) is 25.4 Å². The molecule has 0 aromatic heterocycles. The summed E-state index contributed by atoms with van der Waals surface area (Å²) in [6, 6.07) is 6.82. The molecule has 4 heteroatoms. The Bertz CT molecular complexity index is 460. The van der Waals surface area contributed by atoms with Gasteiger partial charge in [-0.1, -0.05) is 12.1 Å². The molecule has 3 rings (SSSR count). The van der Waals surface area contributed by atoms with E-state index in [9.17, 15) is 4.39 Å². The third kappa shape index (κ3) is 3.03. The standard InChI is InChI=1S/C16H22FNO2/c1-12(13-5-4-6-14(17)9-13)18-10-15-11-19-16(20-15)7-2-3-8-16/h4-6,9,12,15,18H,2-3,7-8,10-11H2,1H3/t12-,15-/m0/s1. The minimum Gasteiger partial charge on any atom is -0.347 e. The van der Waals surface area contributed by atoms with Crippen molar-refractivity contribution in [2.45, 2.75) is 50.5 Å². The maximum Gasteiger partial charge on any atom is 0.168 e. The van der Waals surface area contributed by atoms with E-state index in [4.69, 9.17) is 9.47 Å². The van der Waals surface area contributed by atoms with Crippen LogP contribution in [0.25, 0.3) is 0 Å². The molecule has 0 unspecified atom stereocenters. The van der Waals surface area contributed by atoms with Crippen LogP contribution in [0.5, 0.6) is 0 Å². The fourth-order valence-corrected chi connectivity index (χ4v) is 3.10. The molecule has 3 nitrogen and oxygen atoms in total. The Balaban J connectivity index is 1.50. The number of nitrogens with one attached hydrogen (secondary N) is 1. The number of halogens is 1. The van der Waals surface area contributed by atoms with Gasteiger partial charge < -0.3 is 14.8 Å². The molecular weight excluding hydrogens is 257 g/mol. The van der Waals surface area contributed by atoms with Crippen LogP contribution in [-0.4, -0.2) is 25.0 Å². The van der Waals surface area contributed by atoms with Crippen LogP contribution in [0, 0.1) is 5.82 Å². The number of rotatable bonds is 4. The smallest absolute Gasteiger partial charge is 0.168 e. The molecule has 1 aliphatic heterocycles. The largest absolute Gasteiger partial charge is 0.347 e. The zero-order chi connectivity index (χ0) is 14.0. The van der Waals surface area contributed by atoms with Gasteiger partial charge in [0.25, 0.3) is 0 Å². The Morgan fingerprint density at radius 2 is 2.20 bits per heavy atom. The Hall–Kier alpha value is -0.970. The fourth-order valence-electron chi connectivity index (χ4n) is 3.10. The highest BCUT2D eigenvalue weighted by molar-refractivity contribution is 5.19. The summed E-state index contributed by atoms with van der Waals surface area (Å²) in [5.74, 6) is -0.490. The van der Waals surface area contributed by atoms with Crippen LogP contribution in [0.4, 0.5) is 4.39 Å². The van der Waals surface area contributed by atoms with Crippen LogP contribution in [-0.2, 0) is 9.47 Å². The average molecular weight is 279 g/mol. The summed E-state index contributed by atoms with van der Waals surface area (Å²) in [4.78, 5) is 0. The van der Waals surface area contributed by atoms with E-state index in [0.717, 1.165) is 24.9 Å². The summed E-state index contributed by atoms with van der Waals surface area (Å²) in [7, 11) is 0. The second-order valence-corrected chi connectivity index (χ2v) is 5.85. The van der Waals surface area contributed by atoms with Crippen molar-refractivity contribution in [2.24, 2.45) is 0 Å². The maximum atomic E-state index is 13.2.